The van der Waals surface area contributed by atoms with Gasteiger partial charge in [0.05, 0.1) is 20.4 Å². The zero-order chi connectivity index (χ0) is 21.8. The Labute approximate surface area is 178 Å². The summed E-state index contributed by atoms with van der Waals surface area (Å²) in [6.45, 7) is -0.160. The van der Waals surface area contributed by atoms with E-state index in [4.69, 9.17) is 11.6 Å². The molecule has 0 bridgehead atoms. The van der Waals surface area contributed by atoms with Crippen LogP contribution in [-0.4, -0.2) is 40.0 Å². The van der Waals surface area contributed by atoms with E-state index in [1.54, 1.807) is 6.07 Å². The summed E-state index contributed by atoms with van der Waals surface area (Å²) >= 11 is 6.59. The van der Waals surface area contributed by atoms with Crippen LogP contribution in [0.15, 0.2) is 47.4 Å². The highest BCUT2D eigenvalue weighted by Crippen LogP contribution is 2.32. The average molecular weight is 450 g/mol. The fourth-order valence-corrected chi connectivity index (χ4v) is 3.72. The van der Waals surface area contributed by atoms with Crippen LogP contribution < -0.4 is 5.32 Å². The Morgan fingerprint density at radius 1 is 1.27 bits per heavy atom. The zero-order valence-electron chi connectivity index (χ0n) is 15.1. The number of thioether (sulfide) groups is 1. The maximum absolute atomic E-state index is 13.8. The minimum atomic E-state index is -0.637. The van der Waals surface area contributed by atoms with Crippen LogP contribution in [0.4, 0.5) is 14.9 Å². The molecular formula is C19H13ClFN3O5S. The van der Waals surface area contributed by atoms with Crippen LogP contribution in [0, 0.1) is 15.9 Å². The van der Waals surface area contributed by atoms with Gasteiger partial charge in [-0.2, -0.15) is 0 Å². The second-order valence-corrected chi connectivity index (χ2v) is 7.43. The Morgan fingerprint density at radius 3 is 2.67 bits per heavy atom. The molecule has 0 spiro atoms. The van der Waals surface area contributed by atoms with Crippen molar-refractivity contribution in [2.24, 2.45) is 0 Å². The van der Waals surface area contributed by atoms with Crippen molar-refractivity contribution >= 4 is 52.2 Å². The van der Waals surface area contributed by atoms with Gasteiger partial charge in [0, 0.05) is 30.8 Å². The van der Waals surface area contributed by atoms with E-state index in [0.29, 0.717) is 11.8 Å². The van der Waals surface area contributed by atoms with Gasteiger partial charge in [-0.25, -0.2) is 4.39 Å². The molecule has 1 fully saturated rings. The van der Waals surface area contributed by atoms with Gasteiger partial charge in [0.25, 0.3) is 22.7 Å². The Morgan fingerprint density at radius 2 is 2.00 bits per heavy atom. The highest BCUT2D eigenvalue weighted by molar-refractivity contribution is 8.18. The third-order valence-electron chi connectivity index (χ3n) is 4.09. The van der Waals surface area contributed by atoms with E-state index in [0.717, 1.165) is 17.0 Å². The monoisotopic (exact) mass is 449 g/mol. The molecule has 11 heteroatoms. The lowest BCUT2D eigenvalue weighted by Gasteiger charge is -2.13. The molecule has 1 saturated heterocycles. The van der Waals surface area contributed by atoms with Crippen LogP contribution in [0.25, 0.3) is 6.08 Å². The lowest BCUT2D eigenvalue weighted by molar-refractivity contribution is -0.384. The third kappa shape index (κ3) is 4.66. The molecule has 0 unspecified atom stereocenters. The maximum atomic E-state index is 13.8. The first-order valence-electron chi connectivity index (χ1n) is 8.50. The molecule has 0 radical (unpaired) electrons. The number of non-ortho nitro benzene ring substituents is 1. The zero-order valence-corrected chi connectivity index (χ0v) is 16.7. The van der Waals surface area contributed by atoms with E-state index in [1.165, 1.54) is 30.3 Å². The van der Waals surface area contributed by atoms with E-state index in [2.05, 4.69) is 5.32 Å². The summed E-state index contributed by atoms with van der Waals surface area (Å²) < 4.78 is 13.8. The molecule has 8 nitrogen and oxygen atoms in total. The molecule has 1 N–H and O–H groups in total. The van der Waals surface area contributed by atoms with Crippen molar-refractivity contribution in [1.29, 1.82) is 0 Å². The topological polar surface area (TPSA) is 110 Å². The molecule has 3 rings (SSSR count). The molecule has 0 aliphatic carbocycles. The van der Waals surface area contributed by atoms with Gasteiger partial charge in [-0.3, -0.25) is 29.4 Å². The number of halogens is 2. The third-order valence-corrected chi connectivity index (χ3v) is 5.31. The highest BCUT2D eigenvalue weighted by Gasteiger charge is 2.34. The van der Waals surface area contributed by atoms with Gasteiger partial charge in [0.1, 0.15) is 5.82 Å². The molecule has 0 aromatic heterocycles. The summed E-state index contributed by atoms with van der Waals surface area (Å²) in [6, 6.07) is 9.26. The molecule has 154 valence electrons. The Kier molecular flexibility index (Phi) is 6.48. The van der Waals surface area contributed by atoms with Crippen molar-refractivity contribution in [2.75, 3.05) is 13.1 Å². The number of hydrogen-bond donors (Lipinski definition) is 1. The van der Waals surface area contributed by atoms with Gasteiger partial charge in [0.15, 0.2) is 0 Å². The number of amides is 3. The van der Waals surface area contributed by atoms with Gasteiger partial charge in [-0.1, -0.05) is 29.8 Å². The van der Waals surface area contributed by atoms with E-state index in [1.807, 2.05) is 0 Å². The van der Waals surface area contributed by atoms with Crippen LogP contribution in [0.2, 0.25) is 5.02 Å². The Balaban J connectivity index is 1.62. The largest absolute Gasteiger partial charge is 0.350 e. The second-order valence-electron chi connectivity index (χ2n) is 6.03. The summed E-state index contributed by atoms with van der Waals surface area (Å²) in [5.74, 6) is -1.71. The molecule has 0 atom stereocenters. The Hall–Kier alpha value is -3.24. The normalized spacial score (nSPS) is 15.0. The van der Waals surface area contributed by atoms with Crippen LogP contribution in [-0.2, 0) is 4.79 Å². The smallest absolute Gasteiger partial charge is 0.293 e. The van der Waals surface area contributed by atoms with Gasteiger partial charge < -0.3 is 5.32 Å². The van der Waals surface area contributed by atoms with Crippen molar-refractivity contribution in [3.63, 3.8) is 0 Å². The summed E-state index contributed by atoms with van der Waals surface area (Å²) in [5, 5.41) is 12.6. The van der Waals surface area contributed by atoms with Crippen molar-refractivity contribution < 1.29 is 23.7 Å². The first-order valence-corrected chi connectivity index (χ1v) is 9.69. The van der Waals surface area contributed by atoms with E-state index < -0.39 is 27.8 Å². The first kappa shape index (κ1) is 21.5. The molecule has 2 aromatic rings. The number of hydrogen-bond acceptors (Lipinski definition) is 6. The molecule has 3 amide bonds. The van der Waals surface area contributed by atoms with Gasteiger partial charge >= 0.3 is 0 Å². The Bertz CT molecular complexity index is 1090. The number of carbonyl (C=O) groups is 3. The average Bonchev–Trinajstić information content (AvgIpc) is 2.96. The number of nitro groups is 1. The summed E-state index contributed by atoms with van der Waals surface area (Å²) in [4.78, 5) is 47.9. The van der Waals surface area contributed by atoms with Gasteiger partial charge in [-0.15, -0.1) is 0 Å². The number of imide groups is 1. The predicted octanol–water partition coefficient (Wildman–Crippen LogP) is 3.85. The van der Waals surface area contributed by atoms with E-state index >= 15 is 0 Å². The molecule has 1 aliphatic rings. The lowest BCUT2D eigenvalue weighted by atomic mass is 10.2. The molecule has 1 heterocycles. The molecule has 1 aliphatic heterocycles. The van der Waals surface area contributed by atoms with Crippen molar-refractivity contribution in [1.82, 2.24) is 10.2 Å². The number of benzene rings is 2. The van der Waals surface area contributed by atoms with Crippen LogP contribution >= 0.6 is 23.4 Å². The van der Waals surface area contributed by atoms with E-state index in [9.17, 15) is 28.9 Å². The lowest BCUT2D eigenvalue weighted by Crippen LogP contribution is -2.37. The standard InChI is InChI=1S/C19H13ClFN3O5S/c20-14-10-12(24(28)29)5-6-13(14)17(25)22-7-8-23-18(26)16(30-19(23)27)9-11-3-1-2-4-15(11)21/h1-6,9-10H,7-8H2,(H,22,25)/b16-9-. The number of nitrogens with one attached hydrogen (secondary N) is 1. The van der Waals surface area contributed by atoms with Crippen LogP contribution in [0.1, 0.15) is 15.9 Å². The summed E-state index contributed by atoms with van der Waals surface area (Å²) in [5.41, 5.74) is -0.0454. The molecule has 2 aromatic carbocycles. The minimum absolute atomic E-state index is 0.0239. The summed E-state index contributed by atoms with van der Waals surface area (Å²) in [7, 11) is 0. The SMILES string of the molecule is O=C(NCCN1C(=O)S/C(=C\c2ccccc2F)C1=O)c1ccc([N+](=O)[O-])cc1Cl. The van der Waals surface area contributed by atoms with Gasteiger partial charge in [-0.05, 0) is 30.0 Å². The maximum Gasteiger partial charge on any atom is 0.293 e. The fourth-order valence-electron chi connectivity index (χ4n) is 2.60. The number of rotatable bonds is 6. The molecule has 0 saturated carbocycles. The minimum Gasteiger partial charge on any atom is -0.350 e. The number of nitro benzene ring substituents is 1. The highest BCUT2D eigenvalue weighted by atomic mass is 35.5. The van der Waals surface area contributed by atoms with Crippen molar-refractivity contribution in [2.45, 2.75) is 0 Å². The quantitative estimate of drug-likeness (QED) is 0.407. The van der Waals surface area contributed by atoms with Gasteiger partial charge in [0.2, 0.25) is 0 Å². The van der Waals surface area contributed by atoms with E-state index in [-0.39, 0.29) is 39.8 Å². The number of carbonyl (C=O) groups excluding carboxylic acids is 3. The van der Waals surface area contributed by atoms with Crippen molar-refractivity contribution in [3.05, 3.63) is 79.5 Å². The van der Waals surface area contributed by atoms with Crippen molar-refractivity contribution in [3.8, 4) is 0 Å². The van der Waals surface area contributed by atoms with Crippen LogP contribution in [0.3, 0.4) is 0 Å². The molecular weight excluding hydrogens is 437 g/mol. The second kappa shape index (κ2) is 9.06. The van der Waals surface area contributed by atoms with Crippen LogP contribution in [0.5, 0.6) is 0 Å². The number of nitrogens with zero attached hydrogens (tertiary/aromatic N) is 2. The first-order chi connectivity index (χ1) is 14.3. The fraction of sp³-hybridized carbons (Fsp3) is 0.105. The molecule has 30 heavy (non-hydrogen) atoms. The predicted molar refractivity (Wildman–Crippen MR) is 110 cm³/mol. The summed E-state index contributed by atoms with van der Waals surface area (Å²) in [6.07, 6.45) is 1.30.